The highest BCUT2D eigenvalue weighted by Gasteiger charge is 2.25. The van der Waals surface area contributed by atoms with E-state index >= 15 is 0 Å². The Hall–Kier alpha value is -2.11. The summed E-state index contributed by atoms with van der Waals surface area (Å²) in [5.74, 6) is 1.47. The van der Waals surface area contributed by atoms with Crippen molar-refractivity contribution in [3.05, 3.63) is 24.8 Å². The highest BCUT2D eigenvalue weighted by Crippen LogP contribution is 2.23. The van der Waals surface area contributed by atoms with Crippen molar-refractivity contribution < 1.29 is 4.79 Å². The molecule has 1 atom stereocenters. The van der Waals surface area contributed by atoms with Gasteiger partial charge in [0.05, 0.1) is 0 Å². The zero-order valence-corrected chi connectivity index (χ0v) is 9.97. The van der Waals surface area contributed by atoms with Crippen LogP contribution < -0.4 is 5.32 Å². The lowest BCUT2D eigenvalue weighted by atomic mass is 10.1. The lowest BCUT2D eigenvalue weighted by Crippen LogP contribution is -2.31. The second-order valence-electron chi connectivity index (χ2n) is 4.40. The van der Waals surface area contributed by atoms with Gasteiger partial charge < -0.3 is 14.9 Å². The van der Waals surface area contributed by atoms with Gasteiger partial charge in [-0.25, -0.2) is 9.97 Å². The van der Waals surface area contributed by atoms with Crippen molar-refractivity contribution in [2.45, 2.75) is 25.3 Å². The summed E-state index contributed by atoms with van der Waals surface area (Å²) in [6.45, 7) is 0.764. The normalized spacial score (nSPS) is 20.4. The molecule has 2 aromatic rings. The Kier molecular flexibility index (Phi) is 2.84. The Morgan fingerprint density at radius 2 is 2.22 bits per heavy atom. The van der Waals surface area contributed by atoms with Crippen molar-refractivity contribution in [2.75, 3.05) is 6.54 Å². The molecule has 1 amide bonds. The number of aromatic nitrogens is 4. The predicted molar refractivity (Wildman–Crippen MR) is 65.7 cm³/mol. The Bertz CT molecular complexity index is 530. The molecule has 1 fully saturated rings. The van der Waals surface area contributed by atoms with Crippen LogP contribution in [0.25, 0.3) is 11.6 Å². The first-order chi connectivity index (χ1) is 8.86. The van der Waals surface area contributed by atoms with Crippen LogP contribution >= 0.6 is 0 Å². The molecule has 3 rings (SSSR count). The number of hydrogen-bond acceptors (Lipinski definition) is 3. The number of amides is 1. The van der Waals surface area contributed by atoms with Crippen LogP contribution in [-0.4, -0.2) is 32.0 Å². The van der Waals surface area contributed by atoms with E-state index in [9.17, 15) is 4.79 Å². The number of H-pyrrole nitrogens is 1. The molecule has 0 saturated carbocycles. The summed E-state index contributed by atoms with van der Waals surface area (Å²) in [5, 5.41) is 2.94. The van der Waals surface area contributed by atoms with Gasteiger partial charge in [0.2, 0.25) is 5.91 Å². The predicted octanol–water partition coefficient (Wildman–Crippen LogP) is 1.11. The molecule has 1 aliphatic rings. The molecule has 94 valence electrons. The van der Waals surface area contributed by atoms with Crippen molar-refractivity contribution in [1.82, 2.24) is 24.8 Å². The van der Waals surface area contributed by atoms with Gasteiger partial charge in [-0.1, -0.05) is 0 Å². The second-order valence-corrected chi connectivity index (χ2v) is 4.40. The summed E-state index contributed by atoms with van der Waals surface area (Å²) in [7, 11) is 0. The van der Waals surface area contributed by atoms with Crippen LogP contribution in [0.4, 0.5) is 0 Å². The lowest BCUT2D eigenvalue weighted by Gasteiger charge is -2.16. The summed E-state index contributed by atoms with van der Waals surface area (Å²) in [5.41, 5.74) is 0. The van der Waals surface area contributed by atoms with E-state index in [1.165, 1.54) is 0 Å². The fraction of sp³-hybridized carbons (Fsp3) is 0.417. The SMILES string of the molecule is O=C1NCCCC[C@@H]1n1ccnc1-c1ncc[nH]1. The third kappa shape index (κ3) is 1.90. The van der Waals surface area contributed by atoms with Gasteiger partial charge in [-0.05, 0) is 19.3 Å². The van der Waals surface area contributed by atoms with Gasteiger partial charge in [-0.3, -0.25) is 4.79 Å². The molecule has 0 radical (unpaired) electrons. The van der Waals surface area contributed by atoms with E-state index in [1.807, 2.05) is 10.8 Å². The van der Waals surface area contributed by atoms with Crippen molar-refractivity contribution in [3.63, 3.8) is 0 Å². The number of hydrogen-bond donors (Lipinski definition) is 2. The van der Waals surface area contributed by atoms with Crippen molar-refractivity contribution >= 4 is 5.91 Å². The van der Waals surface area contributed by atoms with E-state index in [2.05, 4.69) is 20.3 Å². The zero-order valence-electron chi connectivity index (χ0n) is 9.97. The van der Waals surface area contributed by atoms with Gasteiger partial charge >= 0.3 is 0 Å². The molecular weight excluding hydrogens is 230 g/mol. The first-order valence-electron chi connectivity index (χ1n) is 6.16. The van der Waals surface area contributed by atoms with E-state index in [1.54, 1.807) is 18.6 Å². The molecule has 18 heavy (non-hydrogen) atoms. The Labute approximate surface area is 104 Å². The molecule has 0 spiro atoms. The second kappa shape index (κ2) is 4.64. The average molecular weight is 245 g/mol. The van der Waals surface area contributed by atoms with E-state index < -0.39 is 0 Å². The highest BCUT2D eigenvalue weighted by molar-refractivity contribution is 5.81. The van der Waals surface area contributed by atoms with Gasteiger partial charge in [-0.15, -0.1) is 0 Å². The fourth-order valence-corrected chi connectivity index (χ4v) is 2.32. The van der Waals surface area contributed by atoms with Crippen LogP contribution in [0, 0.1) is 0 Å². The van der Waals surface area contributed by atoms with Crippen molar-refractivity contribution in [1.29, 1.82) is 0 Å². The van der Waals surface area contributed by atoms with Crippen molar-refractivity contribution in [2.24, 2.45) is 0 Å². The third-order valence-electron chi connectivity index (χ3n) is 3.22. The number of carbonyl (C=O) groups is 1. The quantitative estimate of drug-likeness (QED) is 0.832. The van der Waals surface area contributed by atoms with E-state index in [0.29, 0.717) is 11.6 Å². The van der Waals surface area contributed by atoms with Crippen LogP contribution in [0.15, 0.2) is 24.8 Å². The van der Waals surface area contributed by atoms with E-state index in [-0.39, 0.29) is 11.9 Å². The lowest BCUT2D eigenvalue weighted by molar-refractivity contribution is -0.124. The topological polar surface area (TPSA) is 75.6 Å². The highest BCUT2D eigenvalue weighted by atomic mass is 16.2. The third-order valence-corrected chi connectivity index (χ3v) is 3.22. The fourth-order valence-electron chi connectivity index (χ4n) is 2.32. The Morgan fingerprint density at radius 1 is 1.28 bits per heavy atom. The van der Waals surface area contributed by atoms with Gasteiger partial charge in [0.15, 0.2) is 11.6 Å². The Morgan fingerprint density at radius 3 is 3.06 bits per heavy atom. The standard InChI is InChI=1S/C12H15N5O/c18-12-9(3-1-2-4-16-12)17-8-7-15-11(17)10-13-5-6-14-10/h5-9H,1-4H2,(H,13,14)(H,16,18)/t9-/m0/s1. The number of rotatable bonds is 2. The molecule has 0 bridgehead atoms. The molecule has 1 saturated heterocycles. The molecule has 0 aromatic carbocycles. The number of nitrogens with one attached hydrogen (secondary N) is 2. The molecule has 0 unspecified atom stereocenters. The molecule has 6 nitrogen and oxygen atoms in total. The molecule has 2 aromatic heterocycles. The van der Waals surface area contributed by atoms with Crippen LogP contribution in [0.1, 0.15) is 25.3 Å². The molecule has 1 aliphatic heterocycles. The maximum Gasteiger partial charge on any atom is 0.243 e. The minimum absolute atomic E-state index is 0.0679. The molecular formula is C12H15N5O. The summed E-state index contributed by atoms with van der Waals surface area (Å²) in [6, 6.07) is -0.185. The average Bonchev–Trinajstić information content (AvgIpc) is 3.00. The Balaban J connectivity index is 1.96. The molecule has 2 N–H and O–H groups in total. The van der Waals surface area contributed by atoms with Crippen LogP contribution in [-0.2, 0) is 4.79 Å². The van der Waals surface area contributed by atoms with Gasteiger partial charge in [0.1, 0.15) is 6.04 Å². The molecule has 3 heterocycles. The van der Waals surface area contributed by atoms with Crippen LogP contribution in [0.5, 0.6) is 0 Å². The smallest absolute Gasteiger partial charge is 0.243 e. The first-order valence-corrected chi connectivity index (χ1v) is 6.16. The van der Waals surface area contributed by atoms with Crippen molar-refractivity contribution in [3.8, 4) is 11.6 Å². The summed E-state index contributed by atoms with van der Waals surface area (Å²) in [4.78, 5) is 23.5. The molecule has 0 aliphatic carbocycles. The molecule has 6 heteroatoms. The van der Waals surface area contributed by atoms with E-state index in [4.69, 9.17) is 0 Å². The minimum Gasteiger partial charge on any atom is -0.354 e. The summed E-state index contributed by atoms with van der Waals surface area (Å²) < 4.78 is 1.90. The van der Waals surface area contributed by atoms with Crippen LogP contribution in [0.3, 0.4) is 0 Å². The number of carbonyl (C=O) groups excluding carboxylic acids is 1. The number of nitrogens with zero attached hydrogens (tertiary/aromatic N) is 3. The zero-order chi connectivity index (χ0) is 12.4. The minimum atomic E-state index is -0.185. The van der Waals surface area contributed by atoms with Gasteiger partial charge in [0, 0.05) is 31.3 Å². The monoisotopic (exact) mass is 245 g/mol. The van der Waals surface area contributed by atoms with Gasteiger partial charge in [0.25, 0.3) is 0 Å². The van der Waals surface area contributed by atoms with Crippen LogP contribution in [0.2, 0.25) is 0 Å². The number of aromatic amines is 1. The number of imidazole rings is 2. The maximum absolute atomic E-state index is 12.0. The summed E-state index contributed by atoms with van der Waals surface area (Å²) in [6.07, 6.45) is 9.90. The first kappa shape index (κ1) is 11.0. The maximum atomic E-state index is 12.0. The van der Waals surface area contributed by atoms with Gasteiger partial charge in [-0.2, -0.15) is 0 Å². The largest absolute Gasteiger partial charge is 0.354 e. The van der Waals surface area contributed by atoms with E-state index in [0.717, 1.165) is 25.8 Å². The summed E-state index contributed by atoms with van der Waals surface area (Å²) >= 11 is 0.